The number of aromatic nitrogens is 4. The zero-order valence-electron chi connectivity index (χ0n) is 13.4. The Kier molecular flexibility index (Phi) is 3.82. The van der Waals surface area contributed by atoms with Crippen LogP contribution in [0.4, 0.5) is 0 Å². The molecule has 1 N–H and O–H groups in total. The number of nitrogens with zero attached hydrogens (tertiary/aromatic N) is 3. The van der Waals surface area contributed by atoms with Gasteiger partial charge in [0.25, 0.3) is 5.56 Å². The van der Waals surface area contributed by atoms with Crippen LogP contribution in [0.2, 0.25) is 5.02 Å². The van der Waals surface area contributed by atoms with E-state index in [4.69, 9.17) is 16.3 Å². The lowest BCUT2D eigenvalue weighted by Gasteiger charge is -2.08. The van der Waals surface area contributed by atoms with Crippen molar-refractivity contribution in [2.45, 2.75) is 0 Å². The average molecular weight is 373 g/mol. The molecule has 0 bridgehead atoms. The van der Waals surface area contributed by atoms with Crippen molar-refractivity contribution in [3.63, 3.8) is 0 Å². The van der Waals surface area contributed by atoms with Gasteiger partial charge in [-0.3, -0.25) is 4.79 Å². The van der Waals surface area contributed by atoms with E-state index in [9.17, 15) is 4.79 Å². The number of nitrogens with one attached hydrogen (secondary N) is 1. The standard InChI is InChI=1S/C17H13ClN4O2S/c1-22-7-6-19-16(22)15-20-13-10(8-25-14(13)17(23)21-15)9-4-3-5-11(24-2)12(9)18/h3-8H,1-2H3,(H,20,21,23). The first-order valence-corrected chi connectivity index (χ1v) is 8.68. The number of aryl methyl sites for hydroxylation is 1. The van der Waals surface area contributed by atoms with E-state index in [0.29, 0.717) is 32.6 Å². The van der Waals surface area contributed by atoms with Gasteiger partial charge in [-0.1, -0.05) is 23.7 Å². The van der Waals surface area contributed by atoms with E-state index in [1.807, 2.05) is 24.6 Å². The molecule has 1 aromatic carbocycles. The predicted octanol–water partition coefficient (Wildman–Crippen LogP) is 3.71. The Hall–Kier alpha value is -2.64. The molecule has 0 fully saturated rings. The third-order valence-corrected chi connectivity index (χ3v) is 5.29. The van der Waals surface area contributed by atoms with E-state index >= 15 is 0 Å². The van der Waals surface area contributed by atoms with Crippen molar-refractivity contribution < 1.29 is 4.74 Å². The number of hydrogen-bond donors (Lipinski definition) is 1. The summed E-state index contributed by atoms with van der Waals surface area (Å²) in [6.45, 7) is 0. The first-order chi connectivity index (χ1) is 12.1. The van der Waals surface area contributed by atoms with Crippen LogP contribution in [0, 0.1) is 0 Å². The Morgan fingerprint density at radius 1 is 1.32 bits per heavy atom. The number of H-pyrrole nitrogens is 1. The van der Waals surface area contributed by atoms with Crippen LogP contribution in [-0.4, -0.2) is 26.6 Å². The zero-order valence-corrected chi connectivity index (χ0v) is 15.0. The van der Waals surface area contributed by atoms with Crippen molar-refractivity contribution in [3.05, 3.63) is 51.3 Å². The first kappa shape index (κ1) is 15.9. The van der Waals surface area contributed by atoms with E-state index in [2.05, 4.69) is 15.0 Å². The quantitative estimate of drug-likeness (QED) is 0.595. The van der Waals surface area contributed by atoms with Gasteiger partial charge in [0.15, 0.2) is 11.6 Å². The molecule has 0 saturated carbocycles. The van der Waals surface area contributed by atoms with Gasteiger partial charge in [0.1, 0.15) is 10.4 Å². The van der Waals surface area contributed by atoms with Crippen LogP contribution in [0.1, 0.15) is 0 Å². The molecular weight excluding hydrogens is 360 g/mol. The molecule has 0 aliphatic carbocycles. The topological polar surface area (TPSA) is 72.8 Å². The highest BCUT2D eigenvalue weighted by Crippen LogP contribution is 2.39. The molecule has 3 heterocycles. The molecule has 0 aliphatic heterocycles. The largest absolute Gasteiger partial charge is 0.495 e. The summed E-state index contributed by atoms with van der Waals surface area (Å²) >= 11 is 7.79. The lowest BCUT2D eigenvalue weighted by Crippen LogP contribution is -2.09. The van der Waals surface area contributed by atoms with E-state index < -0.39 is 0 Å². The van der Waals surface area contributed by atoms with Crippen LogP contribution in [0.3, 0.4) is 0 Å². The van der Waals surface area contributed by atoms with Crippen molar-refractivity contribution in [3.8, 4) is 28.5 Å². The second kappa shape index (κ2) is 6.02. The Morgan fingerprint density at radius 2 is 2.16 bits per heavy atom. The van der Waals surface area contributed by atoms with Gasteiger partial charge in [-0.15, -0.1) is 11.3 Å². The van der Waals surface area contributed by atoms with Gasteiger partial charge in [0.2, 0.25) is 0 Å². The van der Waals surface area contributed by atoms with Crippen molar-refractivity contribution in [2.24, 2.45) is 7.05 Å². The first-order valence-electron chi connectivity index (χ1n) is 7.42. The maximum Gasteiger partial charge on any atom is 0.269 e. The fourth-order valence-corrected chi connectivity index (χ4v) is 3.90. The molecule has 126 valence electrons. The molecule has 0 unspecified atom stereocenters. The molecule has 0 aliphatic rings. The van der Waals surface area contributed by atoms with Gasteiger partial charge in [0, 0.05) is 35.9 Å². The van der Waals surface area contributed by atoms with Gasteiger partial charge >= 0.3 is 0 Å². The minimum atomic E-state index is -0.196. The molecule has 25 heavy (non-hydrogen) atoms. The predicted molar refractivity (Wildman–Crippen MR) is 99.4 cm³/mol. The third-order valence-electron chi connectivity index (χ3n) is 3.93. The minimum Gasteiger partial charge on any atom is -0.495 e. The highest BCUT2D eigenvalue weighted by molar-refractivity contribution is 7.17. The molecule has 6 nitrogen and oxygen atoms in total. The number of rotatable bonds is 3. The van der Waals surface area contributed by atoms with Crippen molar-refractivity contribution in [1.29, 1.82) is 0 Å². The number of benzene rings is 1. The summed E-state index contributed by atoms with van der Waals surface area (Å²) in [6, 6.07) is 5.53. The third kappa shape index (κ3) is 2.52. The average Bonchev–Trinajstić information content (AvgIpc) is 3.21. The molecule has 8 heteroatoms. The summed E-state index contributed by atoms with van der Waals surface area (Å²) in [5.74, 6) is 1.59. The second-order valence-corrected chi connectivity index (χ2v) is 6.68. The summed E-state index contributed by atoms with van der Waals surface area (Å²) in [6.07, 6.45) is 3.46. The number of aromatic amines is 1. The molecule has 4 aromatic rings. The summed E-state index contributed by atoms with van der Waals surface area (Å²) in [5, 5.41) is 2.38. The number of halogens is 1. The molecule has 0 radical (unpaired) electrons. The second-order valence-electron chi connectivity index (χ2n) is 5.43. The summed E-state index contributed by atoms with van der Waals surface area (Å²) in [5.41, 5.74) is 1.97. The number of methoxy groups -OCH3 is 1. The Labute approximate surface area is 151 Å². The highest BCUT2D eigenvalue weighted by Gasteiger charge is 2.18. The summed E-state index contributed by atoms with van der Waals surface area (Å²) in [7, 11) is 3.42. The van der Waals surface area contributed by atoms with Crippen molar-refractivity contribution in [2.75, 3.05) is 7.11 Å². The fraction of sp³-hybridized carbons (Fsp3) is 0.118. The molecule has 4 rings (SSSR count). The van der Waals surface area contributed by atoms with Crippen molar-refractivity contribution >= 4 is 33.2 Å². The van der Waals surface area contributed by atoms with E-state index in [0.717, 1.165) is 11.1 Å². The molecular formula is C17H13ClN4O2S. The Morgan fingerprint density at radius 3 is 2.88 bits per heavy atom. The molecule has 0 spiro atoms. The smallest absolute Gasteiger partial charge is 0.269 e. The maximum atomic E-state index is 12.5. The lowest BCUT2D eigenvalue weighted by molar-refractivity contribution is 0.415. The summed E-state index contributed by atoms with van der Waals surface area (Å²) in [4.78, 5) is 24.2. The van der Waals surface area contributed by atoms with E-state index in [-0.39, 0.29) is 5.56 Å². The summed E-state index contributed by atoms with van der Waals surface area (Å²) < 4.78 is 7.64. The highest BCUT2D eigenvalue weighted by atomic mass is 35.5. The monoisotopic (exact) mass is 372 g/mol. The molecule has 0 saturated heterocycles. The zero-order chi connectivity index (χ0) is 17.6. The SMILES string of the molecule is COc1cccc(-c2csc3c(=O)[nH]c(-c4nccn4C)nc23)c1Cl. The Bertz CT molecular complexity index is 1150. The van der Waals surface area contributed by atoms with Gasteiger partial charge in [0.05, 0.1) is 17.6 Å². The fourth-order valence-electron chi connectivity index (χ4n) is 2.70. The van der Waals surface area contributed by atoms with Crippen LogP contribution >= 0.6 is 22.9 Å². The normalized spacial score (nSPS) is 11.2. The van der Waals surface area contributed by atoms with E-state index in [1.54, 1.807) is 30.1 Å². The van der Waals surface area contributed by atoms with Gasteiger partial charge in [-0.05, 0) is 6.07 Å². The van der Waals surface area contributed by atoms with Crippen LogP contribution < -0.4 is 10.3 Å². The van der Waals surface area contributed by atoms with E-state index in [1.165, 1.54) is 11.3 Å². The van der Waals surface area contributed by atoms with Crippen LogP contribution in [0.5, 0.6) is 5.75 Å². The van der Waals surface area contributed by atoms with Crippen molar-refractivity contribution in [1.82, 2.24) is 19.5 Å². The van der Waals surface area contributed by atoms with Crippen LogP contribution in [0.15, 0.2) is 40.8 Å². The van der Waals surface area contributed by atoms with Gasteiger partial charge in [-0.2, -0.15) is 0 Å². The minimum absolute atomic E-state index is 0.196. The van der Waals surface area contributed by atoms with Crippen LogP contribution in [-0.2, 0) is 7.05 Å². The number of fused-ring (bicyclic) bond motifs is 1. The maximum absolute atomic E-state index is 12.5. The number of imidazole rings is 1. The van der Waals surface area contributed by atoms with Gasteiger partial charge < -0.3 is 14.3 Å². The molecule has 0 amide bonds. The van der Waals surface area contributed by atoms with Crippen LogP contribution in [0.25, 0.3) is 33.0 Å². The molecule has 0 atom stereocenters. The molecule has 3 aromatic heterocycles. The lowest BCUT2D eigenvalue weighted by atomic mass is 10.1. The number of thiophene rings is 1. The van der Waals surface area contributed by atoms with Gasteiger partial charge in [-0.25, -0.2) is 9.97 Å². The Balaban J connectivity index is 2.00. The number of ether oxygens (including phenoxy) is 1. The number of hydrogen-bond acceptors (Lipinski definition) is 5.